The van der Waals surface area contributed by atoms with Crippen molar-refractivity contribution in [3.8, 4) is 0 Å². The summed E-state index contributed by atoms with van der Waals surface area (Å²) in [5, 5.41) is 12.1. The maximum Gasteiger partial charge on any atom is 0.326 e. The van der Waals surface area contributed by atoms with Crippen molar-refractivity contribution >= 4 is 23.6 Å². The topological polar surface area (TPSA) is 104 Å². The third-order valence-electron chi connectivity index (χ3n) is 5.68. The lowest BCUT2D eigenvalue weighted by molar-refractivity contribution is -0.148. The van der Waals surface area contributed by atoms with Gasteiger partial charge in [0.15, 0.2) is 5.78 Å². The summed E-state index contributed by atoms with van der Waals surface area (Å²) in [4.78, 5) is 50.7. The second-order valence-corrected chi connectivity index (χ2v) is 7.99. The molecule has 1 fully saturated rings. The Bertz CT molecular complexity index is 945. The quantitative estimate of drug-likeness (QED) is 0.596. The summed E-state index contributed by atoms with van der Waals surface area (Å²) < 4.78 is 0. The molecule has 2 amide bonds. The first kappa shape index (κ1) is 23.2. The second-order valence-electron chi connectivity index (χ2n) is 7.99. The molecule has 7 heteroatoms. The molecular weight excluding hydrogens is 408 g/mol. The van der Waals surface area contributed by atoms with Crippen LogP contribution in [0.25, 0.3) is 0 Å². The average molecular weight is 437 g/mol. The van der Waals surface area contributed by atoms with Gasteiger partial charge in [0.1, 0.15) is 6.04 Å². The zero-order valence-electron chi connectivity index (χ0n) is 17.9. The number of ketones is 1. The third-order valence-corrected chi connectivity index (χ3v) is 5.68. The number of benzene rings is 2. The fourth-order valence-corrected chi connectivity index (χ4v) is 3.98. The molecule has 32 heavy (non-hydrogen) atoms. The molecule has 1 aliphatic heterocycles. The SMILES string of the molecule is O=C(NC(Cc1ccccc1)C(=O)CCCC(=O)N1CCC[C@@H]1C(=O)O)c1ccccc1. The minimum Gasteiger partial charge on any atom is -0.480 e. The maximum absolute atomic E-state index is 13.0. The Morgan fingerprint density at radius 1 is 0.969 bits per heavy atom. The monoisotopic (exact) mass is 436 g/mol. The van der Waals surface area contributed by atoms with Crippen LogP contribution >= 0.6 is 0 Å². The molecule has 0 aliphatic carbocycles. The fourth-order valence-electron chi connectivity index (χ4n) is 3.98. The number of nitrogens with one attached hydrogen (secondary N) is 1. The van der Waals surface area contributed by atoms with E-state index in [1.807, 2.05) is 36.4 Å². The minimum absolute atomic E-state index is 0.111. The lowest BCUT2D eigenvalue weighted by Crippen LogP contribution is -2.42. The summed E-state index contributed by atoms with van der Waals surface area (Å²) in [5.41, 5.74) is 1.40. The first-order valence-corrected chi connectivity index (χ1v) is 10.9. The largest absolute Gasteiger partial charge is 0.480 e. The van der Waals surface area contributed by atoms with Crippen molar-refractivity contribution in [2.75, 3.05) is 6.54 Å². The van der Waals surface area contributed by atoms with E-state index in [-0.39, 0.29) is 30.4 Å². The zero-order valence-corrected chi connectivity index (χ0v) is 17.9. The van der Waals surface area contributed by atoms with Gasteiger partial charge in [-0.25, -0.2) is 4.79 Å². The number of nitrogens with zero attached hydrogens (tertiary/aromatic N) is 1. The molecule has 1 saturated heterocycles. The molecule has 7 nitrogen and oxygen atoms in total. The van der Waals surface area contributed by atoms with Crippen molar-refractivity contribution in [3.63, 3.8) is 0 Å². The zero-order chi connectivity index (χ0) is 22.9. The van der Waals surface area contributed by atoms with E-state index in [0.29, 0.717) is 37.8 Å². The van der Waals surface area contributed by atoms with Gasteiger partial charge in [-0.1, -0.05) is 48.5 Å². The molecular formula is C25H28N2O5. The van der Waals surface area contributed by atoms with Crippen LogP contribution in [0.1, 0.15) is 48.0 Å². The Morgan fingerprint density at radius 3 is 2.28 bits per heavy atom. The minimum atomic E-state index is -0.988. The second kappa shape index (κ2) is 11.2. The summed E-state index contributed by atoms with van der Waals surface area (Å²) in [6, 6.07) is 16.7. The van der Waals surface area contributed by atoms with Gasteiger partial charge in [0.25, 0.3) is 5.91 Å². The maximum atomic E-state index is 13.0. The highest BCUT2D eigenvalue weighted by Crippen LogP contribution is 2.19. The van der Waals surface area contributed by atoms with Crippen molar-refractivity contribution in [1.29, 1.82) is 0 Å². The van der Waals surface area contributed by atoms with Gasteiger partial charge >= 0.3 is 5.97 Å². The third kappa shape index (κ3) is 6.26. The van der Waals surface area contributed by atoms with Gasteiger partial charge < -0.3 is 15.3 Å². The standard InChI is InChI=1S/C25H28N2O5/c28-22(14-7-15-23(29)27-16-8-13-21(27)25(31)32)20(17-18-9-3-1-4-10-18)26-24(30)19-11-5-2-6-12-19/h1-6,9-12,20-21H,7-8,13-17H2,(H,26,30)(H,31,32)/t20?,21-/m1/s1. The van der Waals surface area contributed by atoms with E-state index in [4.69, 9.17) is 0 Å². The number of carboxylic acids is 1. The van der Waals surface area contributed by atoms with Crippen LogP contribution in [0.4, 0.5) is 0 Å². The van der Waals surface area contributed by atoms with Gasteiger partial charge in [-0.05, 0) is 43.4 Å². The van der Waals surface area contributed by atoms with Crippen molar-refractivity contribution in [1.82, 2.24) is 10.2 Å². The predicted molar refractivity (Wildman–Crippen MR) is 119 cm³/mol. The summed E-state index contributed by atoms with van der Waals surface area (Å²) in [6.07, 6.45) is 2.05. The van der Waals surface area contributed by atoms with Crippen LogP contribution in [0.3, 0.4) is 0 Å². The van der Waals surface area contributed by atoms with Crippen molar-refractivity contribution < 1.29 is 24.3 Å². The average Bonchev–Trinajstić information content (AvgIpc) is 3.30. The number of carbonyl (C=O) groups excluding carboxylic acids is 3. The van der Waals surface area contributed by atoms with Crippen molar-refractivity contribution in [3.05, 3.63) is 71.8 Å². The highest BCUT2D eigenvalue weighted by Gasteiger charge is 2.33. The number of hydrogen-bond acceptors (Lipinski definition) is 4. The molecule has 3 rings (SSSR count). The van der Waals surface area contributed by atoms with Crippen LogP contribution in [-0.4, -0.2) is 52.2 Å². The Kier molecular flexibility index (Phi) is 8.14. The highest BCUT2D eigenvalue weighted by molar-refractivity contribution is 5.98. The summed E-state index contributed by atoms with van der Waals surface area (Å²) >= 11 is 0. The Morgan fingerprint density at radius 2 is 1.62 bits per heavy atom. The van der Waals surface area contributed by atoms with E-state index >= 15 is 0 Å². The Hall–Kier alpha value is -3.48. The number of likely N-dealkylation sites (tertiary alicyclic amines) is 1. The van der Waals surface area contributed by atoms with E-state index in [9.17, 15) is 24.3 Å². The molecule has 0 saturated carbocycles. The number of rotatable bonds is 10. The first-order valence-electron chi connectivity index (χ1n) is 10.9. The number of aliphatic carboxylic acids is 1. The Labute approximate surface area is 187 Å². The summed E-state index contributed by atoms with van der Waals surface area (Å²) in [6.45, 7) is 0.438. The molecule has 2 aromatic rings. The summed E-state index contributed by atoms with van der Waals surface area (Å²) in [5.74, 6) is -1.70. The van der Waals surface area contributed by atoms with Gasteiger partial charge in [0.2, 0.25) is 5.91 Å². The molecule has 168 valence electrons. The van der Waals surface area contributed by atoms with Gasteiger partial charge in [-0.15, -0.1) is 0 Å². The smallest absolute Gasteiger partial charge is 0.326 e. The van der Waals surface area contributed by atoms with Crippen LogP contribution in [0.2, 0.25) is 0 Å². The molecule has 0 aromatic heterocycles. The molecule has 1 heterocycles. The van der Waals surface area contributed by atoms with Gasteiger partial charge in [0, 0.05) is 24.9 Å². The van der Waals surface area contributed by atoms with E-state index in [1.165, 1.54) is 4.90 Å². The molecule has 2 N–H and O–H groups in total. The normalized spacial score (nSPS) is 16.4. The lowest BCUT2D eigenvalue weighted by Gasteiger charge is -2.22. The Balaban J connectivity index is 1.59. The van der Waals surface area contributed by atoms with E-state index in [1.54, 1.807) is 24.3 Å². The number of hydrogen-bond donors (Lipinski definition) is 2. The lowest BCUT2D eigenvalue weighted by atomic mass is 9.98. The fraction of sp³-hybridized carbons (Fsp3) is 0.360. The van der Waals surface area contributed by atoms with Crippen molar-refractivity contribution in [2.24, 2.45) is 0 Å². The molecule has 0 spiro atoms. The molecule has 0 bridgehead atoms. The van der Waals surface area contributed by atoms with E-state index < -0.39 is 18.1 Å². The van der Waals surface area contributed by atoms with Crippen LogP contribution in [0, 0.1) is 0 Å². The predicted octanol–water partition coefficient (Wildman–Crippen LogP) is 2.84. The highest BCUT2D eigenvalue weighted by atomic mass is 16.4. The van der Waals surface area contributed by atoms with E-state index in [2.05, 4.69) is 5.32 Å². The van der Waals surface area contributed by atoms with Gasteiger partial charge in [-0.2, -0.15) is 0 Å². The van der Waals surface area contributed by atoms with Crippen LogP contribution in [0.5, 0.6) is 0 Å². The number of Topliss-reactive ketones (excluding diaryl/α,β-unsaturated/α-hetero) is 1. The summed E-state index contributed by atoms with van der Waals surface area (Å²) in [7, 11) is 0. The molecule has 2 aromatic carbocycles. The molecule has 1 aliphatic rings. The van der Waals surface area contributed by atoms with Crippen molar-refractivity contribution in [2.45, 2.75) is 50.6 Å². The molecule has 2 atom stereocenters. The van der Waals surface area contributed by atoms with Gasteiger partial charge in [-0.3, -0.25) is 14.4 Å². The van der Waals surface area contributed by atoms with E-state index in [0.717, 1.165) is 5.56 Å². The number of amides is 2. The van der Waals surface area contributed by atoms with Crippen LogP contribution < -0.4 is 5.32 Å². The number of carboxylic acid groups (broad SMARTS) is 1. The molecule has 0 radical (unpaired) electrons. The van der Waals surface area contributed by atoms with Crippen LogP contribution in [0.15, 0.2) is 60.7 Å². The number of carbonyl (C=O) groups is 4. The first-order chi connectivity index (χ1) is 15.5. The van der Waals surface area contributed by atoms with Crippen LogP contribution in [-0.2, 0) is 20.8 Å². The molecule has 1 unspecified atom stereocenters. The van der Waals surface area contributed by atoms with Gasteiger partial charge in [0.05, 0.1) is 6.04 Å².